The van der Waals surface area contributed by atoms with Crippen molar-refractivity contribution in [2.24, 2.45) is 0 Å². The number of carbonyl (C=O) groups excluding carboxylic acids is 1. The third kappa shape index (κ3) is 1.27. The van der Waals surface area contributed by atoms with Gasteiger partial charge < -0.3 is 5.32 Å². The van der Waals surface area contributed by atoms with E-state index in [1.165, 1.54) is 0 Å². The maximum Gasteiger partial charge on any atom is 0.221 e. The standard InChI is InChI=1S/C7H10N2O/c1-7(5-8)4-2-3-6(10)9-7/h2-4H2,1H3,(H,9,10). The fourth-order valence-corrected chi connectivity index (χ4v) is 1.12. The molecule has 0 aromatic carbocycles. The summed E-state index contributed by atoms with van der Waals surface area (Å²) < 4.78 is 0. The molecule has 1 rings (SSSR count). The van der Waals surface area contributed by atoms with E-state index in [1.54, 1.807) is 6.92 Å². The molecule has 1 amide bonds. The zero-order chi connectivity index (χ0) is 7.61. The molecule has 0 bridgehead atoms. The molecule has 0 aromatic heterocycles. The van der Waals surface area contributed by atoms with Gasteiger partial charge in [0.15, 0.2) is 0 Å². The van der Waals surface area contributed by atoms with Crippen LogP contribution in [0.2, 0.25) is 0 Å². The van der Waals surface area contributed by atoms with E-state index in [0.29, 0.717) is 6.42 Å². The Hall–Kier alpha value is -1.04. The average molecular weight is 138 g/mol. The molecule has 1 saturated heterocycles. The summed E-state index contributed by atoms with van der Waals surface area (Å²) in [6, 6.07) is 2.08. The molecule has 0 radical (unpaired) electrons. The van der Waals surface area contributed by atoms with Crippen LogP contribution in [-0.4, -0.2) is 11.4 Å². The minimum atomic E-state index is -0.602. The lowest BCUT2D eigenvalue weighted by Crippen LogP contribution is -2.47. The third-order valence-corrected chi connectivity index (χ3v) is 1.74. The van der Waals surface area contributed by atoms with Gasteiger partial charge >= 0.3 is 0 Å². The van der Waals surface area contributed by atoms with E-state index >= 15 is 0 Å². The largest absolute Gasteiger partial charge is 0.338 e. The van der Waals surface area contributed by atoms with Crippen molar-refractivity contribution in [3.63, 3.8) is 0 Å². The van der Waals surface area contributed by atoms with Crippen molar-refractivity contribution >= 4 is 5.91 Å². The van der Waals surface area contributed by atoms with Gasteiger partial charge in [-0.1, -0.05) is 0 Å². The predicted octanol–water partition coefficient (Wildman–Crippen LogP) is 0.569. The highest BCUT2D eigenvalue weighted by Crippen LogP contribution is 2.17. The second kappa shape index (κ2) is 2.30. The van der Waals surface area contributed by atoms with Gasteiger partial charge in [-0.25, -0.2) is 0 Å². The molecule has 1 heterocycles. The molecular formula is C7H10N2O. The monoisotopic (exact) mass is 138 g/mol. The summed E-state index contributed by atoms with van der Waals surface area (Å²) in [5, 5.41) is 11.2. The highest BCUT2D eigenvalue weighted by atomic mass is 16.1. The lowest BCUT2D eigenvalue weighted by Gasteiger charge is -2.27. The van der Waals surface area contributed by atoms with Gasteiger partial charge in [-0.05, 0) is 19.8 Å². The first-order valence-corrected chi connectivity index (χ1v) is 3.38. The topological polar surface area (TPSA) is 52.9 Å². The van der Waals surface area contributed by atoms with Crippen molar-refractivity contribution in [2.45, 2.75) is 31.7 Å². The zero-order valence-electron chi connectivity index (χ0n) is 5.98. The van der Waals surface area contributed by atoms with Crippen LogP contribution in [0.3, 0.4) is 0 Å². The minimum Gasteiger partial charge on any atom is -0.338 e. The SMILES string of the molecule is CC1(C#N)CCCC(=O)N1. The molecule has 1 aliphatic heterocycles. The van der Waals surface area contributed by atoms with Crippen LogP contribution in [0.5, 0.6) is 0 Å². The number of hydrogen-bond acceptors (Lipinski definition) is 2. The third-order valence-electron chi connectivity index (χ3n) is 1.74. The number of nitrogens with zero attached hydrogens (tertiary/aromatic N) is 1. The number of amides is 1. The maximum absolute atomic E-state index is 10.8. The summed E-state index contributed by atoms with van der Waals surface area (Å²) in [6.45, 7) is 1.75. The molecule has 1 unspecified atom stereocenters. The van der Waals surface area contributed by atoms with Crippen LogP contribution in [0.4, 0.5) is 0 Å². The molecule has 0 aliphatic carbocycles. The number of rotatable bonds is 0. The van der Waals surface area contributed by atoms with Gasteiger partial charge in [-0.15, -0.1) is 0 Å². The highest BCUT2D eigenvalue weighted by molar-refractivity contribution is 5.78. The number of nitrogens with one attached hydrogen (secondary N) is 1. The van der Waals surface area contributed by atoms with E-state index in [-0.39, 0.29) is 5.91 Å². The van der Waals surface area contributed by atoms with Crippen LogP contribution >= 0.6 is 0 Å². The molecule has 1 atom stereocenters. The van der Waals surface area contributed by atoms with E-state index in [4.69, 9.17) is 5.26 Å². The quantitative estimate of drug-likeness (QED) is 0.532. The van der Waals surface area contributed by atoms with E-state index in [9.17, 15) is 4.79 Å². The molecule has 3 nitrogen and oxygen atoms in total. The Morgan fingerprint density at radius 1 is 1.80 bits per heavy atom. The Morgan fingerprint density at radius 2 is 2.50 bits per heavy atom. The number of nitriles is 1. The number of hydrogen-bond donors (Lipinski definition) is 1. The fourth-order valence-electron chi connectivity index (χ4n) is 1.12. The van der Waals surface area contributed by atoms with E-state index in [2.05, 4.69) is 11.4 Å². The Labute approximate surface area is 60.0 Å². The predicted molar refractivity (Wildman–Crippen MR) is 36.0 cm³/mol. The van der Waals surface area contributed by atoms with E-state index < -0.39 is 5.54 Å². The van der Waals surface area contributed by atoms with Gasteiger partial charge in [-0.2, -0.15) is 5.26 Å². The van der Waals surface area contributed by atoms with E-state index in [1.807, 2.05) is 0 Å². The Kier molecular flexibility index (Phi) is 1.62. The van der Waals surface area contributed by atoms with Gasteiger partial charge in [0.25, 0.3) is 0 Å². The molecule has 3 heteroatoms. The van der Waals surface area contributed by atoms with Crippen LogP contribution in [0.1, 0.15) is 26.2 Å². The molecule has 10 heavy (non-hydrogen) atoms. The van der Waals surface area contributed by atoms with Crippen molar-refractivity contribution < 1.29 is 4.79 Å². The molecule has 0 aromatic rings. The highest BCUT2D eigenvalue weighted by Gasteiger charge is 2.29. The van der Waals surface area contributed by atoms with Crippen molar-refractivity contribution in [3.05, 3.63) is 0 Å². The fraction of sp³-hybridized carbons (Fsp3) is 0.714. The summed E-state index contributed by atoms with van der Waals surface area (Å²) in [6.07, 6.45) is 2.17. The van der Waals surface area contributed by atoms with Crippen molar-refractivity contribution in [2.75, 3.05) is 0 Å². The van der Waals surface area contributed by atoms with Crippen LogP contribution in [-0.2, 0) is 4.79 Å². The molecule has 0 spiro atoms. The number of carbonyl (C=O) groups is 1. The van der Waals surface area contributed by atoms with Crippen molar-refractivity contribution in [3.8, 4) is 6.07 Å². The summed E-state index contributed by atoms with van der Waals surface area (Å²) in [7, 11) is 0. The normalized spacial score (nSPS) is 32.6. The van der Waals surface area contributed by atoms with Crippen LogP contribution in [0, 0.1) is 11.3 Å². The average Bonchev–Trinajstić information content (AvgIpc) is 1.88. The van der Waals surface area contributed by atoms with Gasteiger partial charge in [-0.3, -0.25) is 4.79 Å². The molecule has 0 saturated carbocycles. The summed E-state index contributed by atoms with van der Waals surface area (Å²) in [5.41, 5.74) is -0.602. The Bertz CT molecular complexity index is 194. The summed E-state index contributed by atoms with van der Waals surface area (Å²) >= 11 is 0. The van der Waals surface area contributed by atoms with Crippen LogP contribution in [0.25, 0.3) is 0 Å². The molecule has 1 N–H and O–H groups in total. The van der Waals surface area contributed by atoms with Crippen molar-refractivity contribution in [1.82, 2.24) is 5.32 Å². The first kappa shape index (κ1) is 7.07. The Morgan fingerprint density at radius 3 is 2.90 bits per heavy atom. The first-order chi connectivity index (χ1) is 4.66. The van der Waals surface area contributed by atoms with Gasteiger partial charge in [0.1, 0.15) is 5.54 Å². The summed E-state index contributed by atoms with van der Waals surface area (Å²) in [4.78, 5) is 10.8. The minimum absolute atomic E-state index is 0.00435. The maximum atomic E-state index is 10.8. The van der Waals surface area contributed by atoms with Crippen molar-refractivity contribution in [1.29, 1.82) is 5.26 Å². The van der Waals surface area contributed by atoms with Gasteiger partial charge in [0, 0.05) is 6.42 Å². The smallest absolute Gasteiger partial charge is 0.221 e. The molecule has 1 aliphatic rings. The number of piperidine rings is 1. The van der Waals surface area contributed by atoms with E-state index in [0.717, 1.165) is 12.8 Å². The lowest BCUT2D eigenvalue weighted by molar-refractivity contribution is -0.123. The van der Waals surface area contributed by atoms with Crippen LogP contribution < -0.4 is 5.32 Å². The lowest BCUT2D eigenvalue weighted by atomic mass is 9.92. The second-order valence-corrected chi connectivity index (χ2v) is 2.85. The molecule has 1 fully saturated rings. The zero-order valence-corrected chi connectivity index (χ0v) is 5.98. The Balaban J connectivity index is 2.64. The van der Waals surface area contributed by atoms with Crippen LogP contribution in [0.15, 0.2) is 0 Å². The van der Waals surface area contributed by atoms with Gasteiger partial charge in [0.2, 0.25) is 5.91 Å². The molecule has 54 valence electrons. The second-order valence-electron chi connectivity index (χ2n) is 2.85. The first-order valence-electron chi connectivity index (χ1n) is 3.38. The molecular weight excluding hydrogens is 128 g/mol. The van der Waals surface area contributed by atoms with Gasteiger partial charge in [0.05, 0.1) is 6.07 Å². The summed E-state index contributed by atoms with van der Waals surface area (Å²) in [5.74, 6) is -0.00435.